The third kappa shape index (κ3) is 3.09. The van der Waals surface area contributed by atoms with Crippen molar-refractivity contribution in [3.8, 4) is 0 Å². The Hall–Kier alpha value is -2.49. The molecule has 0 atom stereocenters. The number of nitrogens with one attached hydrogen (secondary N) is 1. The van der Waals surface area contributed by atoms with Crippen molar-refractivity contribution in [1.82, 2.24) is 0 Å². The van der Waals surface area contributed by atoms with Crippen LogP contribution in [0.15, 0.2) is 42.5 Å². The van der Waals surface area contributed by atoms with Crippen molar-refractivity contribution in [1.29, 1.82) is 0 Å². The Bertz CT molecular complexity index is 606. The predicted molar refractivity (Wildman–Crippen MR) is 81.3 cm³/mol. The summed E-state index contributed by atoms with van der Waals surface area (Å²) in [7, 11) is 1.35. The van der Waals surface area contributed by atoms with Gasteiger partial charge in [0, 0.05) is 5.69 Å². The predicted octanol–water partition coefficient (Wildman–Crippen LogP) is 3.36. The second-order valence-corrected chi connectivity index (χ2v) is 4.47. The number of benzene rings is 2. The Labute approximate surface area is 118 Å². The molecular weight excluding hydrogens is 252 g/mol. The van der Waals surface area contributed by atoms with Crippen molar-refractivity contribution in [2.24, 2.45) is 0 Å². The Balaban J connectivity index is 2.18. The Morgan fingerprint density at radius 2 is 1.90 bits per heavy atom. The van der Waals surface area contributed by atoms with Gasteiger partial charge >= 0.3 is 5.97 Å². The number of esters is 1. The van der Waals surface area contributed by atoms with Crippen LogP contribution in [-0.2, 0) is 11.2 Å². The Morgan fingerprint density at radius 3 is 2.45 bits per heavy atom. The van der Waals surface area contributed by atoms with Crippen LogP contribution in [-0.4, -0.2) is 13.1 Å². The molecule has 0 saturated carbocycles. The van der Waals surface area contributed by atoms with Gasteiger partial charge < -0.3 is 15.8 Å². The fourth-order valence-corrected chi connectivity index (χ4v) is 1.90. The maximum atomic E-state index is 11.4. The fourth-order valence-electron chi connectivity index (χ4n) is 1.90. The van der Waals surface area contributed by atoms with Gasteiger partial charge in [0.05, 0.1) is 24.0 Å². The molecule has 4 nitrogen and oxygen atoms in total. The Kier molecular flexibility index (Phi) is 4.25. The highest BCUT2D eigenvalue weighted by Crippen LogP contribution is 2.24. The van der Waals surface area contributed by atoms with Crippen LogP contribution < -0.4 is 11.1 Å². The summed E-state index contributed by atoms with van der Waals surface area (Å²) in [6.07, 6.45) is 1.01. The zero-order valence-corrected chi connectivity index (χ0v) is 11.6. The minimum Gasteiger partial charge on any atom is -0.465 e. The molecule has 0 amide bonds. The molecule has 0 aromatic heterocycles. The van der Waals surface area contributed by atoms with Crippen molar-refractivity contribution >= 4 is 23.0 Å². The van der Waals surface area contributed by atoms with Crippen molar-refractivity contribution in [2.45, 2.75) is 13.3 Å². The van der Waals surface area contributed by atoms with Gasteiger partial charge in [0.1, 0.15) is 0 Å². The van der Waals surface area contributed by atoms with Crippen LogP contribution in [0.25, 0.3) is 0 Å². The number of anilines is 3. The summed E-state index contributed by atoms with van der Waals surface area (Å²) < 4.78 is 4.66. The largest absolute Gasteiger partial charge is 0.465 e. The van der Waals surface area contributed by atoms with E-state index >= 15 is 0 Å². The number of carbonyl (C=O) groups excluding carboxylic acids is 1. The number of aryl methyl sites for hydroxylation is 1. The second-order valence-electron chi connectivity index (χ2n) is 4.47. The molecule has 0 bridgehead atoms. The highest BCUT2D eigenvalue weighted by atomic mass is 16.5. The summed E-state index contributed by atoms with van der Waals surface area (Å²) in [5.74, 6) is -0.393. The van der Waals surface area contributed by atoms with E-state index in [1.165, 1.54) is 12.7 Å². The van der Waals surface area contributed by atoms with Gasteiger partial charge in [-0.25, -0.2) is 4.79 Å². The van der Waals surface area contributed by atoms with E-state index in [2.05, 4.69) is 29.1 Å². The van der Waals surface area contributed by atoms with Crippen LogP contribution in [0.3, 0.4) is 0 Å². The number of nitrogen functional groups attached to an aromatic ring is 1. The van der Waals surface area contributed by atoms with Gasteiger partial charge in [-0.05, 0) is 42.3 Å². The number of hydrogen-bond acceptors (Lipinski definition) is 4. The van der Waals surface area contributed by atoms with Crippen LogP contribution in [0.1, 0.15) is 22.8 Å². The van der Waals surface area contributed by atoms with E-state index in [0.29, 0.717) is 11.3 Å². The third-order valence-electron chi connectivity index (χ3n) is 3.11. The maximum Gasteiger partial charge on any atom is 0.337 e. The summed E-state index contributed by atoms with van der Waals surface area (Å²) in [6.45, 7) is 2.12. The standard InChI is InChI=1S/C16H18N2O2/c1-3-11-4-7-13(8-5-11)18-15-9-6-12(10-14(15)17)16(19)20-2/h4-10,18H,3,17H2,1-2H3. The normalized spacial score (nSPS) is 10.1. The molecule has 0 fully saturated rings. The molecule has 0 aliphatic carbocycles. The molecule has 2 aromatic carbocycles. The average molecular weight is 270 g/mol. The lowest BCUT2D eigenvalue weighted by Gasteiger charge is -2.11. The third-order valence-corrected chi connectivity index (χ3v) is 3.11. The van der Waals surface area contributed by atoms with Gasteiger partial charge in [-0.1, -0.05) is 19.1 Å². The van der Waals surface area contributed by atoms with Crippen LogP contribution in [0, 0.1) is 0 Å². The molecule has 2 rings (SSSR count). The first-order chi connectivity index (χ1) is 9.63. The number of hydrogen-bond donors (Lipinski definition) is 2. The Morgan fingerprint density at radius 1 is 1.20 bits per heavy atom. The second kappa shape index (κ2) is 6.10. The maximum absolute atomic E-state index is 11.4. The lowest BCUT2D eigenvalue weighted by Crippen LogP contribution is -2.03. The van der Waals surface area contributed by atoms with Crippen molar-refractivity contribution in [2.75, 3.05) is 18.2 Å². The molecule has 0 aliphatic heterocycles. The lowest BCUT2D eigenvalue weighted by atomic mass is 10.1. The van der Waals surface area contributed by atoms with E-state index in [0.717, 1.165) is 17.8 Å². The number of carbonyl (C=O) groups is 1. The zero-order valence-electron chi connectivity index (χ0n) is 11.6. The molecule has 0 unspecified atom stereocenters. The average Bonchev–Trinajstić information content (AvgIpc) is 2.49. The van der Waals surface area contributed by atoms with E-state index < -0.39 is 5.97 Å². The minimum atomic E-state index is -0.393. The molecule has 0 radical (unpaired) electrons. The molecule has 0 aliphatic rings. The van der Waals surface area contributed by atoms with Crippen molar-refractivity contribution in [3.05, 3.63) is 53.6 Å². The topological polar surface area (TPSA) is 64.3 Å². The summed E-state index contributed by atoms with van der Waals surface area (Å²) in [6, 6.07) is 13.2. The summed E-state index contributed by atoms with van der Waals surface area (Å²) in [4.78, 5) is 11.4. The van der Waals surface area contributed by atoms with Gasteiger partial charge in [0.25, 0.3) is 0 Å². The monoisotopic (exact) mass is 270 g/mol. The minimum absolute atomic E-state index is 0.393. The molecule has 0 heterocycles. The van der Waals surface area contributed by atoms with Crippen LogP contribution in [0.4, 0.5) is 17.1 Å². The molecule has 104 valence electrons. The van der Waals surface area contributed by atoms with E-state index in [1.807, 2.05) is 12.1 Å². The van der Waals surface area contributed by atoms with E-state index in [-0.39, 0.29) is 0 Å². The first-order valence-corrected chi connectivity index (χ1v) is 6.48. The molecule has 3 N–H and O–H groups in total. The van der Waals surface area contributed by atoms with Crippen LogP contribution >= 0.6 is 0 Å². The lowest BCUT2D eigenvalue weighted by molar-refractivity contribution is 0.0601. The van der Waals surface area contributed by atoms with Gasteiger partial charge in [-0.2, -0.15) is 0 Å². The first kappa shape index (κ1) is 13.9. The van der Waals surface area contributed by atoms with Gasteiger partial charge in [-0.3, -0.25) is 0 Å². The van der Waals surface area contributed by atoms with E-state index in [1.54, 1.807) is 18.2 Å². The highest BCUT2D eigenvalue weighted by molar-refractivity contribution is 5.92. The van der Waals surface area contributed by atoms with Crippen LogP contribution in [0.2, 0.25) is 0 Å². The fraction of sp³-hybridized carbons (Fsp3) is 0.188. The number of rotatable bonds is 4. The van der Waals surface area contributed by atoms with Gasteiger partial charge in [0.15, 0.2) is 0 Å². The SMILES string of the molecule is CCc1ccc(Nc2ccc(C(=O)OC)cc2N)cc1. The number of methoxy groups -OCH3 is 1. The first-order valence-electron chi connectivity index (χ1n) is 6.48. The van der Waals surface area contributed by atoms with E-state index in [4.69, 9.17) is 5.73 Å². The molecule has 4 heteroatoms. The van der Waals surface area contributed by atoms with Gasteiger partial charge in [-0.15, -0.1) is 0 Å². The van der Waals surface area contributed by atoms with Crippen molar-refractivity contribution in [3.63, 3.8) is 0 Å². The molecule has 20 heavy (non-hydrogen) atoms. The van der Waals surface area contributed by atoms with E-state index in [9.17, 15) is 4.79 Å². The number of ether oxygens (including phenoxy) is 1. The summed E-state index contributed by atoms with van der Waals surface area (Å²) in [5, 5.41) is 3.23. The smallest absolute Gasteiger partial charge is 0.337 e. The zero-order chi connectivity index (χ0) is 14.5. The molecule has 2 aromatic rings. The quantitative estimate of drug-likeness (QED) is 0.660. The summed E-state index contributed by atoms with van der Waals surface area (Å²) in [5.41, 5.74) is 9.90. The number of nitrogens with two attached hydrogens (primary N) is 1. The highest BCUT2D eigenvalue weighted by Gasteiger charge is 2.08. The molecule has 0 spiro atoms. The van der Waals surface area contributed by atoms with Crippen LogP contribution in [0.5, 0.6) is 0 Å². The van der Waals surface area contributed by atoms with Crippen molar-refractivity contribution < 1.29 is 9.53 Å². The van der Waals surface area contributed by atoms with Gasteiger partial charge in [0.2, 0.25) is 0 Å². The summed E-state index contributed by atoms with van der Waals surface area (Å²) >= 11 is 0. The molecule has 0 saturated heterocycles. The molecular formula is C16H18N2O2.